The first-order valence-electron chi connectivity index (χ1n) is 8.79. The molecule has 0 fully saturated rings. The Kier molecular flexibility index (Phi) is 5.10. The van der Waals surface area contributed by atoms with Gasteiger partial charge in [-0.1, -0.05) is 41.5 Å². The second-order valence-corrected chi connectivity index (χ2v) is 8.83. The number of guanidine groups is 2. The lowest BCUT2D eigenvalue weighted by atomic mass is 9.78. The van der Waals surface area contributed by atoms with Gasteiger partial charge in [-0.15, -0.1) is 0 Å². The van der Waals surface area contributed by atoms with Crippen LogP contribution >= 0.6 is 0 Å². The smallest absolute Gasteiger partial charge is 0.296 e. The normalized spacial score (nSPS) is 16.3. The highest BCUT2D eigenvalue weighted by atomic mass is 16.3. The Balaban J connectivity index is 2.53. The van der Waals surface area contributed by atoms with Crippen molar-refractivity contribution in [3.05, 3.63) is 34.5 Å². The van der Waals surface area contributed by atoms with Crippen LogP contribution in [0.4, 0.5) is 0 Å². The average molecular weight is 371 g/mol. The number of nitrogens with two attached hydrogens (primary N) is 1. The minimum absolute atomic E-state index is 0.213. The first-order valence-corrected chi connectivity index (χ1v) is 8.79. The molecule has 7 nitrogen and oxygen atoms in total. The zero-order valence-corrected chi connectivity index (χ0v) is 17.1. The lowest BCUT2D eigenvalue weighted by molar-refractivity contribution is -0.114. The predicted molar refractivity (Wildman–Crippen MR) is 109 cm³/mol. The summed E-state index contributed by atoms with van der Waals surface area (Å²) in [5, 5.41) is 21.2. The number of aromatic hydroxyl groups is 1. The molecule has 0 unspecified atom stereocenters. The van der Waals surface area contributed by atoms with Crippen LogP contribution in [0, 0.1) is 5.41 Å². The third kappa shape index (κ3) is 4.30. The molecule has 0 saturated heterocycles. The average Bonchev–Trinajstić information content (AvgIpc) is 2.86. The van der Waals surface area contributed by atoms with E-state index in [2.05, 4.69) is 10.3 Å². The number of benzene rings is 1. The molecule has 7 heteroatoms. The molecule has 0 saturated carbocycles. The highest BCUT2D eigenvalue weighted by Crippen LogP contribution is 2.40. The second kappa shape index (κ2) is 6.72. The van der Waals surface area contributed by atoms with Crippen LogP contribution in [-0.4, -0.2) is 34.9 Å². The van der Waals surface area contributed by atoms with Crippen LogP contribution in [0.5, 0.6) is 5.75 Å². The quantitative estimate of drug-likeness (QED) is 0.344. The maximum absolute atomic E-state index is 12.2. The molecule has 1 aromatic carbocycles. The van der Waals surface area contributed by atoms with Gasteiger partial charge in [-0.25, -0.2) is 0 Å². The van der Waals surface area contributed by atoms with Crippen LogP contribution in [0.15, 0.2) is 22.8 Å². The van der Waals surface area contributed by atoms with Gasteiger partial charge in [-0.3, -0.25) is 15.1 Å². The monoisotopic (exact) mass is 371 g/mol. The van der Waals surface area contributed by atoms with Crippen molar-refractivity contribution >= 4 is 23.9 Å². The van der Waals surface area contributed by atoms with Crippen molar-refractivity contribution in [2.45, 2.75) is 52.4 Å². The minimum Gasteiger partial charge on any atom is -0.507 e. The number of phenols is 1. The van der Waals surface area contributed by atoms with Crippen molar-refractivity contribution in [2.75, 3.05) is 7.05 Å². The van der Waals surface area contributed by atoms with Gasteiger partial charge in [-0.2, -0.15) is 4.99 Å². The maximum atomic E-state index is 12.2. The van der Waals surface area contributed by atoms with Gasteiger partial charge >= 0.3 is 0 Å². The molecular formula is C20H29N5O2. The van der Waals surface area contributed by atoms with Crippen molar-refractivity contribution in [3.63, 3.8) is 0 Å². The number of carbonyl (C=O) groups is 1. The van der Waals surface area contributed by atoms with E-state index in [1.165, 1.54) is 4.90 Å². The highest BCUT2D eigenvalue weighted by Gasteiger charge is 2.28. The van der Waals surface area contributed by atoms with Crippen LogP contribution in [-0.2, 0) is 15.6 Å². The van der Waals surface area contributed by atoms with Crippen LogP contribution in [0.1, 0.15) is 58.2 Å². The third-order valence-corrected chi connectivity index (χ3v) is 4.42. The molecule has 146 valence electrons. The first kappa shape index (κ1) is 20.5. The number of aliphatic imine (C=N–C) groups is 1. The summed E-state index contributed by atoms with van der Waals surface area (Å²) in [6.07, 6.45) is 1.71. The highest BCUT2D eigenvalue weighted by molar-refractivity contribution is 6.15. The number of rotatable bonds is 1. The maximum Gasteiger partial charge on any atom is 0.296 e. The van der Waals surface area contributed by atoms with E-state index in [0.29, 0.717) is 5.70 Å². The summed E-state index contributed by atoms with van der Waals surface area (Å²) in [4.78, 5) is 17.4. The Labute approximate surface area is 160 Å². The van der Waals surface area contributed by atoms with E-state index in [0.717, 1.165) is 16.7 Å². The molecule has 2 rings (SSSR count). The molecule has 0 bridgehead atoms. The predicted octanol–water partition coefficient (Wildman–Crippen LogP) is 2.64. The molecule has 1 aliphatic heterocycles. The Morgan fingerprint density at radius 1 is 1.19 bits per heavy atom. The SMILES string of the molecule is CN(C(=N)N)C1=NC(=O)C(=Cc2cc(C(C)(C)C)c(O)c(C(C)(C)C)c2)N1. The lowest BCUT2D eigenvalue weighted by Gasteiger charge is -2.28. The molecular weight excluding hydrogens is 342 g/mol. The van der Waals surface area contributed by atoms with E-state index in [4.69, 9.17) is 11.1 Å². The van der Waals surface area contributed by atoms with Crippen LogP contribution in [0.25, 0.3) is 6.08 Å². The lowest BCUT2D eigenvalue weighted by Crippen LogP contribution is -2.42. The summed E-state index contributed by atoms with van der Waals surface area (Å²) < 4.78 is 0. The van der Waals surface area contributed by atoms with E-state index in [1.54, 1.807) is 13.1 Å². The fraction of sp³-hybridized carbons (Fsp3) is 0.450. The van der Waals surface area contributed by atoms with Crippen molar-refractivity contribution in [1.29, 1.82) is 5.41 Å². The molecule has 27 heavy (non-hydrogen) atoms. The number of nitrogens with one attached hydrogen (secondary N) is 2. The second-order valence-electron chi connectivity index (χ2n) is 8.83. The molecule has 0 radical (unpaired) electrons. The minimum atomic E-state index is -0.430. The molecule has 0 aromatic heterocycles. The van der Waals surface area contributed by atoms with Gasteiger partial charge in [0, 0.05) is 18.2 Å². The van der Waals surface area contributed by atoms with E-state index < -0.39 is 5.91 Å². The molecule has 0 aliphatic carbocycles. The number of nitrogens with zero attached hydrogens (tertiary/aromatic N) is 2. The number of carbonyl (C=O) groups excluding carboxylic acids is 1. The summed E-state index contributed by atoms with van der Waals surface area (Å²) in [5.74, 6) is -0.147. The molecule has 1 heterocycles. The van der Waals surface area contributed by atoms with Crippen LogP contribution in [0.2, 0.25) is 0 Å². The molecule has 0 atom stereocenters. The Bertz CT molecular complexity index is 819. The van der Waals surface area contributed by atoms with Crippen molar-refractivity contribution < 1.29 is 9.90 Å². The summed E-state index contributed by atoms with van der Waals surface area (Å²) in [6, 6.07) is 3.78. The number of phenolic OH excluding ortho intramolecular Hbond substituents is 1. The van der Waals surface area contributed by atoms with Gasteiger partial charge in [0.15, 0.2) is 5.96 Å². The molecule has 0 spiro atoms. The molecule has 1 amide bonds. The third-order valence-electron chi connectivity index (χ3n) is 4.42. The van der Waals surface area contributed by atoms with Gasteiger partial charge in [0.1, 0.15) is 11.4 Å². The zero-order chi connectivity index (χ0) is 20.7. The zero-order valence-electron chi connectivity index (χ0n) is 17.1. The number of hydrogen-bond acceptors (Lipinski definition) is 4. The summed E-state index contributed by atoms with van der Waals surface area (Å²) in [5.41, 5.74) is 7.63. The van der Waals surface area contributed by atoms with Crippen molar-refractivity contribution in [2.24, 2.45) is 10.7 Å². The van der Waals surface area contributed by atoms with E-state index in [-0.39, 0.29) is 28.5 Å². The largest absolute Gasteiger partial charge is 0.507 e. The Hall–Kier alpha value is -2.83. The number of hydrogen-bond donors (Lipinski definition) is 4. The van der Waals surface area contributed by atoms with E-state index >= 15 is 0 Å². The van der Waals surface area contributed by atoms with Gasteiger partial charge in [0.05, 0.1) is 0 Å². The van der Waals surface area contributed by atoms with Gasteiger partial charge in [0.25, 0.3) is 5.91 Å². The summed E-state index contributed by atoms with van der Waals surface area (Å²) >= 11 is 0. The standard InChI is InChI=1S/C20H29N5O2/c1-19(2,3)12-8-11(9-13(15(12)26)20(4,5)6)10-14-16(27)24-18(23-14)25(7)17(21)22/h8-10,26H,1-7H3,(H3,21,22)(H,23,24,27). The fourth-order valence-electron chi connectivity index (χ4n) is 2.78. The Morgan fingerprint density at radius 2 is 1.67 bits per heavy atom. The molecule has 5 N–H and O–H groups in total. The van der Waals surface area contributed by atoms with Gasteiger partial charge in [0.2, 0.25) is 5.96 Å². The number of amides is 1. The fourth-order valence-corrected chi connectivity index (χ4v) is 2.78. The molecule has 1 aliphatic rings. The summed E-state index contributed by atoms with van der Waals surface area (Å²) in [6.45, 7) is 12.2. The van der Waals surface area contributed by atoms with Gasteiger partial charge < -0.3 is 16.2 Å². The van der Waals surface area contributed by atoms with Crippen molar-refractivity contribution in [1.82, 2.24) is 10.2 Å². The van der Waals surface area contributed by atoms with Crippen LogP contribution < -0.4 is 11.1 Å². The van der Waals surface area contributed by atoms with Crippen LogP contribution in [0.3, 0.4) is 0 Å². The first-order chi connectivity index (χ1) is 12.2. The van der Waals surface area contributed by atoms with E-state index in [1.807, 2.05) is 53.7 Å². The summed E-state index contributed by atoms with van der Waals surface area (Å²) in [7, 11) is 1.56. The van der Waals surface area contributed by atoms with Crippen molar-refractivity contribution in [3.8, 4) is 5.75 Å². The van der Waals surface area contributed by atoms with E-state index in [9.17, 15) is 9.90 Å². The molecule has 1 aromatic rings. The Morgan fingerprint density at radius 3 is 2.07 bits per heavy atom. The topological polar surface area (TPSA) is 115 Å². The van der Waals surface area contributed by atoms with Gasteiger partial charge in [-0.05, 0) is 34.6 Å².